The molecule has 0 aliphatic rings. The number of ether oxygens (including phenoxy) is 1. The number of aromatic nitrogens is 1. The van der Waals surface area contributed by atoms with E-state index in [1.54, 1.807) is 25.3 Å². The molecule has 94 valence electrons. The number of carbonyl (C=O) groups excluding carboxylic acids is 1. The molecule has 0 N–H and O–H groups in total. The third-order valence-electron chi connectivity index (χ3n) is 2.38. The maximum Gasteiger partial charge on any atom is 0.338 e. The van der Waals surface area contributed by atoms with E-state index in [-0.39, 0.29) is 5.97 Å². The Morgan fingerprint density at radius 3 is 2.74 bits per heavy atom. The molecular weight excluding hydrogens is 238 g/mol. The Morgan fingerprint density at radius 2 is 2.00 bits per heavy atom. The number of nitrogens with zero attached hydrogens (tertiary/aromatic N) is 1. The van der Waals surface area contributed by atoms with E-state index in [0.29, 0.717) is 17.9 Å². The molecule has 0 bridgehead atoms. The summed E-state index contributed by atoms with van der Waals surface area (Å²) in [6.45, 7) is 2.13. The second-order valence-electron chi connectivity index (χ2n) is 3.77. The van der Waals surface area contributed by atoms with Gasteiger partial charge in [0, 0.05) is 11.8 Å². The van der Waals surface area contributed by atoms with Crippen LogP contribution in [0.4, 0.5) is 0 Å². The highest BCUT2D eigenvalue weighted by Gasteiger charge is 2.06. The zero-order valence-electron chi connectivity index (χ0n) is 10.6. The Labute approximate surface area is 112 Å². The van der Waals surface area contributed by atoms with Gasteiger partial charge in [0.05, 0.1) is 12.2 Å². The fourth-order valence-electron chi connectivity index (χ4n) is 1.50. The van der Waals surface area contributed by atoms with E-state index in [0.717, 1.165) is 5.56 Å². The third kappa shape index (κ3) is 3.68. The lowest BCUT2D eigenvalue weighted by atomic mass is 10.2. The van der Waals surface area contributed by atoms with Gasteiger partial charge in [0.15, 0.2) is 0 Å². The standard InChI is InChI=1S/C16H13NO2/c1-2-19-16(18)14-10-11-17-15(12-14)9-8-13-6-4-3-5-7-13/h3-7,10-12H,2H2,1H3. The lowest BCUT2D eigenvalue weighted by molar-refractivity contribution is 0.0526. The van der Waals surface area contributed by atoms with Crippen molar-refractivity contribution in [1.29, 1.82) is 0 Å². The van der Waals surface area contributed by atoms with Gasteiger partial charge in [-0.25, -0.2) is 9.78 Å². The number of esters is 1. The Kier molecular flexibility index (Phi) is 4.30. The lowest BCUT2D eigenvalue weighted by Gasteiger charge is -2.00. The van der Waals surface area contributed by atoms with E-state index in [4.69, 9.17) is 4.74 Å². The predicted octanol–water partition coefficient (Wildman–Crippen LogP) is 2.66. The highest BCUT2D eigenvalue weighted by Crippen LogP contribution is 2.04. The van der Waals surface area contributed by atoms with Crippen LogP contribution in [0.5, 0.6) is 0 Å². The average Bonchev–Trinajstić information content (AvgIpc) is 2.47. The summed E-state index contributed by atoms with van der Waals surface area (Å²) >= 11 is 0. The minimum Gasteiger partial charge on any atom is -0.462 e. The van der Waals surface area contributed by atoms with Crippen molar-refractivity contribution in [2.45, 2.75) is 6.92 Å². The van der Waals surface area contributed by atoms with Crippen LogP contribution in [0.3, 0.4) is 0 Å². The number of hydrogen-bond donors (Lipinski definition) is 0. The van der Waals surface area contributed by atoms with Crippen molar-refractivity contribution in [2.75, 3.05) is 6.61 Å². The van der Waals surface area contributed by atoms with E-state index in [1.807, 2.05) is 30.3 Å². The zero-order chi connectivity index (χ0) is 13.5. The molecule has 0 radical (unpaired) electrons. The zero-order valence-corrected chi connectivity index (χ0v) is 10.6. The molecule has 3 nitrogen and oxygen atoms in total. The fourth-order valence-corrected chi connectivity index (χ4v) is 1.50. The molecule has 0 spiro atoms. The molecule has 3 heteroatoms. The molecule has 2 rings (SSSR count). The molecule has 0 aliphatic heterocycles. The number of pyridine rings is 1. The van der Waals surface area contributed by atoms with Crippen LogP contribution in [0.15, 0.2) is 48.7 Å². The van der Waals surface area contributed by atoms with Gasteiger partial charge in [0.25, 0.3) is 0 Å². The predicted molar refractivity (Wildman–Crippen MR) is 72.6 cm³/mol. The molecule has 0 aliphatic carbocycles. The first-order valence-corrected chi connectivity index (χ1v) is 6.00. The van der Waals surface area contributed by atoms with Gasteiger partial charge in [0.1, 0.15) is 5.69 Å². The third-order valence-corrected chi connectivity index (χ3v) is 2.38. The van der Waals surface area contributed by atoms with Crippen LogP contribution in [0.25, 0.3) is 0 Å². The van der Waals surface area contributed by atoms with Crippen molar-refractivity contribution in [3.05, 3.63) is 65.5 Å². The van der Waals surface area contributed by atoms with E-state index in [2.05, 4.69) is 16.8 Å². The summed E-state index contributed by atoms with van der Waals surface area (Å²) in [7, 11) is 0. The summed E-state index contributed by atoms with van der Waals surface area (Å²) in [5.74, 6) is 5.57. The quantitative estimate of drug-likeness (QED) is 0.608. The van der Waals surface area contributed by atoms with Crippen LogP contribution in [-0.2, 0) is 4.74 Å². The van der Waals surface area contributed by atoms with Crippen molar-refractivity contribution in [1.82, 2.24) is 4.98 Å². The van der Waals surface area contributed by atoms with Crippen molar-refractivity contribution < 1.29 is 9.53 Å². The van der Waals surface area contributed by atoms with Crippen LogP contribution >= 0.6 is 0 Å². The Hall–Kier alpha value is -2.60. The first-order valence-electron chi connectivity index (χ1n) is 6.00. The number of rotatable bonds is 2. The molecule has 0 amide bonds. The molecule has 19 heavy (non-hydrogen) atoms. The first-order chi connectivity index (χ1) is 9.29. The van der Waals surface area contributed by atoms with E-state index < -0.39 is 0 Å². The van der Waals surface area contributed by atoms with Gasteiger partial charge in [-0.05, 0) is 37.1 Å². The number of hydrogen-bond acceptors (Lipinski definition) is 3. The summed E-state index contributed by atoms with van der Waals surface area (Å²) < 4.78 is 4.93. The summed E-state index contributed by atoms with van der Waals surface area (Å²) in [6, 6.07) is 12.9. The molecule has 0 fully saturated rings. The van der Waals surface area contributed by atoms with Crippen LogP contribution in [0.2, 0.25) is 0 Å². The Bertz CT molecular complexity index is 624. The minimum absolute atomic E-state index is 0.353. The van der Waals surface area contributed by atoms with Crippen molar-refractivity contribution in [3.8, 4) is 11.8 Å². The Morgan fingerprint density at radius 1 is 1.21 bits per heavy atom. The smallest absolute Gasteiger partial charge is 0.338 e. The van der Waals surface area contributed by atoms with Crippen LogP contribution in [-0.4, -0.2) is 17.6 Å². The minimum atomic E-state index is -0.354. The van der Waals surface area contributed by atoms with Crippen LogP contribution in [0, 0.1) is 11.8 Å². The molecule has 1 aromatic heterocycles. The lowest BCUT2D eigenvalue weighted by Crippen LogP contribution is -2.05. The maximum absolute atomic E-state index is 11.6. The summed E-state index contributed by atoms with van der Waals surface area (Å²) in [5, 5.41) is 0. The fraction of sp³-hybridized carbons (Fsp3) is 0.125. The van der Waals surface area contributed by atoms with Gasteiger partial charge in [0.2, 0.25) is 0 Å². The number of carbonyl (C=O) groups is 1. The maximum atomic E-state index is 11.6. The van der Waals surface area contributed by atoms with Gasteiger partial charge in [-0.1, -0.05) is 24.1 Å². The summed E-state index contributed by atoms with van der Waals surface area (Å²) in [5.41, 5.74) is 1.93. The normalized spacial score (nSPS) is 9.32. The highest BCUT2D eigenvalue weighted by molar-refractivity contribution is 5.89. The number of benzene rings is 1. The van der Waals surface area contributed by atoms with Crippen LogP contribution in [0.1, 0.15) is 28.5 Å². The largest absolute Gasteiger partial charge is 0.462 e. The SMILES string of the molecule is CCOC(=O)c1ccnc(C#Cc2ccccc2)c1. The Balaban J connectivity index is 2.21. The topological polar surface area (TPSA) is 39.2 Å². The van der Waals surface area contributed by atoms with E-state index in [9.17, 15) is 4.79 Å². The highest BCUT2D eigenvalue weighted by atomic mass is 16.5. The van der Waals surface area contributed by atoms with Gasteiger partial charge in [-0.15, -0.1) is 0 Å². The average molecular weight is 251 g/mol. The monoisotopic (exact) mass is 251 g/mol. The molecular formula is C16H13NO2. The molecule has 2 aromatic rings. The molecule has 0 saturated carbocycles. The van der Waals surface area contributed by atoms with Gasteiger partial charge < -0.3 is 4.74 Å². The summed E-state index contributed by atoms with van der Waals surface area (Å²) in [6.07, 6.45) is 1.56. The summed E-state index contributed by atoms with van der Waals surface area (Å²) in [4.78, 5) is 15.7. The van der Waals surface area contributed by atoms with Crippen molar-refractivity contribution >= 4 is 5.97 Å². The molecule has 0 atom stereocenters. The van der Waals surface area contributed by atoms with Gasteiger partial charge in [-0.3, -0.25) is 0 Å². The first kappa shape index (κ1) is 12.8. The van der Waals surface area contributed by atoms with Gasteiger partial charge in [-0.2, -0.15) is 0 Å². The van der Waals surface area contributed by atoms with Crippen molar-refractivity contribution in [3.63, 3.8) is 0 Å². The van der Waals surface area contributed by atoms with E-state index >= 15 is 0 Å². The second-order valence-corrected chi connectivity index (χ2v) is 3.77. The molecule has 1 heterocycles. The van der Waals surface area contributed by atoms with Crippen molar-refractivity contribution in [2.24, 2.45) is 0 Å². The van der Waals surface area contributed by atoms with Gasteiger partial charge >= 0.3 is 5.97 Å². The molecule has 0 unspecified atom stereocenters. The molecule has 0 saturated heterocycles. The molecule has 1 aromatic carbocycles. The van der Waals surface area contributed by atoms with Crippen LogP contribution < -0.4 is 0 Å². The second kappa shape index (κ2) is 6.36. The van der Waals surface area contributed by atoms with E-state index in [1.165, 1.54) is 0 Å².